The van der Waals surface area contributed by atoms with E-state index in [1.165, 1.54) is 0 Å². The van der Waals surface area contributed by atoms with Crippen LogP contribution in [-0.2, 0) is 4.79 Å². The van der Waals surface area contributed by atoms with Gasteiger partial charge < -0.3 is 0 Å². The van der Waals surface area contributed by atoms with Crippen LogP contribution in [0.3, 0.4) is 0 Å². The van der Waals surface area contributed by atoms with Gasteiger partial charge in [0.15, 0.2) is 5.12 Å². The minimum atomic E-state index is -0.0162. The Morgan fingerprint density at radius 2 is 2.14 bits per heavy atom. The summed E-state index contributed by atoms with van der Waals surface area (Å²) in [4.78, 5) is 9.91. The molecule has 0 aromatic rings. The molecule has 0 saturated carbocycles. The molecule has 0 bridgehead atoms. The van der Waals surface area contributed by atoms with E-state index in [1.807, 2.05) is 6.92 Å². The molecular formula is C4H8NaOS. The minimum Gasteiger partial charge on any atom is -0.288 e. The van der Waals surface area contributed by atoms with Crippen molar-refractivity contribution in [2.75, 3.05) is 0 Å². The van der Waals surface area contributed by atoms with Gasteiger partial charge in [-0.1, -0.05) is 6.92 Å². The summed E-state index contributed by atoms with van der Waals surface area (Å²) in [6, 6.07) is 0. The normalized spacial score (nSPS) is 7.14. The Morgan fingerprint density at radius 1 is 1.71 bits per heavy atom. The van der Waals surface area contributed by atoms with E-state index in [2.05, 4.69) is 12.6 Å². The van der Waals surface area contributed by atoms with Crippen molar-refractivity contribution in [2.24, 2.45) is 0 Å². The molecular weight excluding hydrogens is 119 g/mol. The first-order valence-electron chi connectivity index (χ1n) is 1.99. The molecule has 37 valence electrons. The summed E-state index contributed by atoms with van der Waals surface area (Å²) >= 11 is 3.54. The van der Waals surface area contributed by atoms with Crippen molar-refractivity contribution in [3.8, 4) is 0 Å². The Balaban J connectivity index is 0. The summed E-state index contributed by atoms with van der Waals surface area (Å²) in [5.74, 6) is 0. The van der Waals surface area contributed by atoms with Gasteiger partial charge in [-0.2, -0.15) is 0 Å². The van der Waals surface area contributed by atoms with Crippen molar-refractivity contribution >= 4 is 47.3 Å². The van der Waals surface area contributed by atoms with E-state index in [1.54, 1.807) is 0 Å². The van der Waals surface area contributed by atoms with Crippen LogP contribution in [0.2, 0.25) is 0 Å². The monoisotopic (exact) mass is 127 g/mol. The third kappa shape index (κ3) is 10.9. The fourth-order valence-corrected chi connectivity index (χ4v) is 0.437. The summed E-state index contributed by atoms with van der Waals surface area (Å²) in [5, 5.41) is -0.0162. The second-order valence-electron chi connectivity index (χ2n) is 1.14. The fourth-order valence-electron chi connectivity index (χ4n) is 0.214. The van der Waals surface area contributed by atoms with Gasteiger partial charge in [0.1, 0.15) is 0 Å². The van der Waals surface area contributed by atoms with E-state index in [-0.39, 0.29) is 34.7 Å². The summed E-state index contributed by atoms with van der Waals surface area (Å²) in [5.41, 5.74) is 0. The van der Waals surface area contributed by atoms with Crippen LogP contribution in [0.25, 0.3) is 0 Å². The smallest absolute Gasteiger partial charge is 0.185 e. The molecule has 0 aromatic carbocycles. The van der Waals surface area contributed by atoms with E-state index in [0.29, 0.717) is 6.42 Å². The Bertz CT molecular complexity index is 55.7. The first kappa shape index (κ1) is 10.9. The van der Waals surface area contributed by atoms with Gasteiger partial charge in [0, 0.05) is 36.0 Å². The van der Waals surface area contributed by atoms with E-state index in [0.717, 1.165) is 6.42 Å². The largest absolute Gasteiger partial charge is 0.288 e. The predicted octanol–water partition coefficient (Wildman–Crippen LogP) is 0.862. The maximum absolute atomic E-state index is 9.91. The molecule has 0 heterocycles. The number of rotatable bonds is 2. The van der Waals surface area contributed by atoms with E-state index in [4.69, 9.17) is 0 Å². The number of thiol groups is 1. The summed E-state index contributed by atoms with van der Waals surface area (Å²) in [6.45, 7) is 1.95. The molecule has 7 heavy (non-hydrogen) atoms. The Morgan fingerprint density at radius 3 is 2.14 bits per heavy atom. The number of carbonyl (C=O) groups excluding carboxylic acids is 1. The van der Waals surface area contributed by atoms with Gasteiger partial charge in [0.05, 0.1) is 0 Å². The van der Waals surface area contributed by atoms with Gasteiger partial charge in [-0.15, -0.1) is 12.6 Å². The molecule has 0 aromatic heterocycles. The molecule has 0 aliphatic heterocycles. The number of hydrogen-bond acceptors (Lipinski definition) is 1. The molecule has 1 radical (unpaired) electrons. The topological polar surface area (TPSA) is 17.1 Å². The van der Waals surface area contributed by atoms with Crippen molar-refractivity contribution in [1.82, 2.24) is 0 Å². The number of carbonyl (C=O) groups is 1. The molecule has 0 spiro atoms. The van der Waals surface area contributed by atoms with Crippen LogP contribution in [-0.4, -0.2) is 34.7 Å². The van der Waals surface area contributed by atoms with Crippen molar-refractivity contribution in [1.29, 1.82) is 0 Å². The Kier molecular flexibility index (Phi) is 10.9. The second kappa shape index (κ2) is 7.02. The molecule has 0 unspecified atom stereocenters. The quantitative estimate of drug-likeness (QED) is 0.430. The predicted molar refractivity (Wildman–Crippen MR) is 34.7 cm³/mol. The molecule has 1 nitrogen and oxygen atoms in total. The first-order chi connectivity index (χ1) is 2.77. The molecule has 3 heteroatoms. The summed E-state index contributed by atoms with van der Waals surface area (Å²) < 4.78 is 0. The molecule has 0 amide bonds. The maximum Gasteiger partial charge on any atom is 0.185 e. The van der Waals surface area contributed by atoms with Crippen LogP contribution in [0.5, 0.6) is 0 Å². The minimum absolute atomic E-state index is 0. The summed E-state index contributed by atoms with van der Waals surface area (Å²) in [6.07, 6.45) is 1.51. The van der Waals surface area contributed by atoms with Gasteiger partial charge in [-0.05, 0) is 6.42 Å². The van der Waals surface area contributed by atoms with Gasteiger partial charge in [0.2, 0.25) is 0 Å². The van der Waals surface area contributed by atoms with Gasteiger partial charge in [-0.3, -0.25) is 4.79 Å². The average molecular weight is 127 g/mol. The van der Waals surface area contributed by atoms with Crippen molar-refractivity contribution in [3.05, 3.63) is 0 Å². The second-order valence-corrected chi connectivity index (χ2v) is 1.64. The van der Waals surface area contributed by atoms with Crippen molar-refractivity contribution in [2.45, 2.75) is 19.8 Å². The molecule has 0 N–H and O–H groups in total. The molecule has 0 saturated heterocycles. The SMILES string of the molecule is CCCC(=O)S.[Na]. The van der Waals surface area contributed by atoms with Crippen LogP contribution in [0.4, 0.5) is 0 Å². The Hall–Kier alpha value is 1.02. The average Bonchev–Trinajstić information content (AvgIpc) is 1.35. The van der Waals surface area contributed by atoms with E-state index >= 15 is 0 Å². The fraction of sp³-hybridized carbons (Fsp3) is 0.750. The van der Waals surface area contributed by atoms with Crippen LogP contribution in [0.15, 0.2) is 0 Å². The van der Waals surface area contributed by atoms with Crippen molar-refractivity contribution < 1.29 is 4.79 Å². The van der Waals surface area contributed by atoms with Crippen LogP contribution in [0.1, 0.15) is 19.8 Å². The molecule has 0 aliphatic carbocycles. The van der Waals surface area contributed by atoms with Gasteiger partial charge in [0.25, 0.3) is 0 Å². The molecule has 0 fully saturated rings. The van der Waals surface area contributed by atoms with Crippen molar-refractivity contribution in [3.63, 3.8) is 0 Å². The molecule has 0 aliphatic rings. The third-order valence-corrected chi connectivity index (χ3v) is 0.687. The molecule has 0 atom stereocenters. The van der Waals surface area contributed by atoms with E-state index in [9.17, 15) is 4.79 Å². The zero-order chi connectivity index (χ0) is 4.99. The standard InChI is InChI=1S/C4H8OS.Na/c1-2-3-4(5)6;/h2-3H2,1H3,(H,5,6);. The van der Waals surface area contributed by atoms with Gasteiger partial charge >= 0.3 is 0 Å². The van der Waals surface area contributed by atoms with Crippen LogP contribution >= 0.6 is 12.6 Å². The summed E-state index contributed by atoms with van der Waals surface area (Å²) in [7, 11) is 0. The zero-order valence-corrected chi connectivity index (χ0v) is 7.66. The maximum atomic E-state index is 9.91. The first-order valence-corrected chi connectivity index (χ1v) is 2.44. The van der Waals surface area contributed by atoms with Crippen LogP contribution < -0.4 is 0 Å². The van der Waals surface area contributed by atoms with Crippen LogP contribution in [0, 0.1) is 0 Å². The zero-order valence-electron chi connectivity index (χ0n) is 4.77. The number of hydrogen-bond donors (Lipinski definition) is 1. The third-order valence-electron chi connectivity index (χ3n) is 0.464. The molecule has 0 rings (SSSR count). The Labute approximate surface area is 71.6 Å². The van der Waals surface area contributed by atoms with E-state index < -0.39 is 0 Å². The van der Waals surface area contributed by atoms with Gasteiger partial charge in [-0.25, -0.2) is 0 Å².